The molecule has 3 rings (SSSR count). The van der Waals surface area contributed by atoms with Gasteiger partial charge in [-0.3, -0.25) is 0 Å². The molecule has 2 atom stereocenters. The standard InChI is InChI=1S/C6H11N2.C5H7N4O2.W/c1-5-2-8-4-6(5)3-7-1;1-2-11-5(10)3-9-7-4-6-8-9;/h5-7H,1-4H2;2-3H2,1H3;/q2*-1;+2. The molecular formula is C11H18N6O2W. The van der Waals surface area contributed by atoms with Crippen molar-refractivity contribution in [2.45, 2.75) is 13.5 Å². The minimum Gasteiger partial charge on any atom is -0.662 e. The summed E-state index contributed by atoms with van der Waals surface area (Å²) in [5, 5.41) is 17.9. The molecule has 0 aliphatic carbocycles. The number of tetrazole rings is 1. The second kappa shape index (κ2) is 9.15. The number of nitrogens with zero attached hydrogens (tertiary/aromatic N) is 5. The largest absolute Gasteiger partial charge is 2.00 e. The summed E-state index contributed by atoms with van der Waals surface area (Å²) in [4.78, 5) is 11.9. The molecule has 2 saturated heterocycles. The van der Waals surface area contributed by atoms with Crippen LogP contribution < -0.4 is 5.32 Å². The van der Waals surface area contributed by atoms with E-state index in [1.165, 1.54) is 13.1 Å². The molecule has 0 bridgehead atoms. The maximum atomic E-state index is 10.7. The zero-order chi connectivity index (χ0) is 13.5. The van der Waals surface area contributed by atoms with Crippen LogP contribution in [0.1, 0.15) is 6.92 Å². The van der Waals surface area contributed by atoms with Gasteiger partial charge in [0.2, 0.25) is 0 Å². The van der Waals surface area contributed by atoms with Crippen LogP contribution in [0, 0.1) is 18.2 Å². The summed E-state index contributed by atoms with van der Waals surface area (Å²) in [7, 11) is 0. The number of rotatable bonds is 3. The van der Waals surface area contributed by atoms with E-state index in [0.717, 1.165) is 29.7 Å². The zero-order valence-corrected chi connectivity index (χ0v) is 14.3. The van der Waals surface area contributed by atoms with Gasteiger partial charge >= 0.3 is 27.0 Å². The van der Waals surface area contributed by atoms with Crippen molar-refractivity contribution in [3.05, 3.63) is 11.6 Å². The number of ether oxygens (including phenoxy) is 1. The fraction of sp³-hybridized carbons (Fsp3) is 0.818. The van der Waals surface area contributed by atoms with Crippen molar-refractivity contribution >= 4 is 5.97 Å². The summed E-state index contributed by atoms with van der Waals surface area (Å²) in [5.41, 5.74) is 0. The summed E-state index contributed by atoms with van der Waals surface area (Å²) >= 11 is 0. The first-order chi connectivity index (χ1) is 9.29. The molecule has 9 heteroatoms. The molecule has 1 aromatic rings. The van der Waals surface area contributed by atoms with Gasteiger partial charge in [-0.1, -0.05) is 5.21 Å². The Kier molecular flexibility index (Phi) is 7.87. The van der Waals surface area contributed by atoms with E-state index >= 15 is 0 Å². The van der Waals surface area contributed by atoms with E-state index in [1.807, 2.05) is 0 Å². The molecule has 20 heavy (non-hydrogen) atoms. The summed E-state index contributed by atoms with van der Waals surface area (Å²) in [6.45, 7) is 6.76. The van der Waals surface area contributed by atoms with E-state index < -0.39 is 0 Å². The monoisotopic (exact) mass is 450 g/mol. The summed E-state index contributed by atoms with van der Waals surface area (Å²) in [5.74, 6) is 1.42. The van der Waals surface area contributed by atoms with Gasteiger partial charge in [0.15, 0.2) is 6.54 Å². The molecule has 2 unspecified atom stereocenters. The normalized spacial score (nSPS) is 23.2. The molecule has 0 saturated carbocycles. The third kappa shape index (κ3) is 5.26. The Balaban J connectivity index is 0.000000197. The third-order valence-electron chi connectivity index (χ3n) is 3.14. The van der Waals surface area contributed by atoms with Crippen molar-refractivity contribution in [2.24, 2.45) is 11.8 Å². The van der Waals surface area contributed by atoms with Crippen molar-refractivity contribution in [2.75, 3.05) is 32.8 Å². The van der Waals surface area contributed by atoms with Crippen LogP contribution in [0.5, 0.6) is 0 Å². The van der Waals surface area contributed by atoms with Crippen molar-refractivity contribution < 1.29 is 30.6 Å². The number of esters is 1. The van der Waals surface area contributed by atoms with Crippen LogP contribution in [-0.4, -0.2) is 59.0 Å². The molecular weight excluding hydrogens is 432 g/mol. The Bertz CT molecular complexity index is 368. The van der Waals surface area contributed by atoms with E-state index in [9.17, 15) is 4.79 Å². The molecule has 1 aromatic heterocycles. The average Bonchev–Trinajstić information content (AvgIpc) is 3.06. The fourth-order valence-electron chi connectivity index (χ4n) is 2.17. The quantitative estimate of drug-likeness (QED) is 0.481. The minimum absolute atomic E-state index is 0. The summed E-state index contributed by atoms with van der Waals surface area (Å²) in [6.07, 6.45) is 2.22. The van der Waals surface area contributed by atoms with Gasteiger partial charge in [0.05, 0.1) is 6.61 Å². The van der Waals surface area contributed by atoms with Crippen LogP contribution in [0.2, 0.25) is 0 Å². The van der Waals surface area contributed by atoms with Gasteiger partial charge < -0.3 is 25.6 Å². The van der Waals surface area contributed by atoms with Crippen molar-refractivity contribution in [1.82, 2.24) is 25.5 Å². The molecule has 0 amide bonds. The average molecular weight is 450 g/mol. The first kappa shape index (κ1) is 17.2. The van der Waals surface area contributed by atoms with E-state index in [2.05, 4.69) is 37.1 Å². The molecule has 2 fully saturated rings. The van der Waals surface area contributed by atoms with Gasteiger partial charge in [0, 0.05) is 0 Å². The number of hydrogen-bond acceptors (Lipinski definition) is 6. The second-order valence-corrected chi connectivity index (χ2v) is 4.49. The Morgan fingerprint density at radius 3 is 2.70 bits per heavy atom. The van der Waals surface area contributed by atoms with Crippen molar-refractivity contribution in [1.29, 1.82) is 0 Å². The van der Waals surface area contributed by atoms with E-state index in [4.69, 9.17) is 0 Å². The number of carbonyl (C=O) groups is 1. The number of fused-ring (bicyclic) bond motifs is 1. The van der Waals surface area contributed by atoms with Crippen LogP contribution in [0.4, 0.5) is 0 Å². The first-order valence-corrected chi connectivity index (χ1v) is 6.43. The van der Waals surface area contributed by atoms with Crippen LogP contribution >= 0.6 is 0 Å². The maximum absolute atomic E-state index is 10.7. The molecule has 0 spiro atoms. The van der Waals surface area contributed by atoms with Crippen molar-refractivity contribution in [3.8, 4) is 0 Å². The van der Waals surface area contributed by atoms with Gasteiger partial charge in [0.25, 0.3) is 0 Å². The zero-order valence-electron chi connectivity index (χ0n) is 11.4. The molecule has 2 aliphatic rings. The number of aromatic nitrogens is 4. The molecule has 0 aromatic carbocycles. The van der Waals surface area contributed by atoms with Gasteiger partial charge in [-0.2, -0.15) is 4.80 Å². The summed E-state index contributed by atoms with van der Waals surface area (Å²) in [6, 6.07) is 0. The minimum atomic E-state index is -0.376. The van der Waals surface area contributed by atoms with Crippen LogP contribution in [0.3, 0.4) is 0 Å². The smallest absolute Gasteiger partial charge is 0.662 e. The number of hydrogen-bond donors (Lipinski definition) is 1. The van der Waals surface area contributed by atoms with Crippen LogP contribution in [0.15, 0.2) is 0 Å². The number of nitrogens with one attached hydrogen (secondary N) is 1. The Morgan fingerprint density at radius 1 is 1.45 bits per heavy atom. The molecule has 8 nitrogen and oxygen atoms in total. The van der Waals surface area contributed by atoms with E-state index in [1.54, 1.807) is 6.92 Å². The van der Waals surface area contributed by atoms with E-state index in [-0.39, 0.29) is 33.6 Å². The van der Waals surface area contributed by atoms with Gasteiger partial charge in [0.1, 0.15) is 0 Å². The molecule has 2 aliphatic heterocycles. The van der Waals surface area contributed by atoms with Crippen LogP contribution in [0.25, 0.3) is 5.32 Å². The molecule has 0 radical (unpaired) electrons. The third-order valence-corrected chi connectivity index (χ3v) is 3.14. The topological polar surface area (TPSA) is 96.0 Å². The van der Waals surface area contributed by atoms with Gasteiger partial charge in [-0.05, 0) is 31.8 Å². The predicted molar refractivity (Wildman–Crippen MR) is 66.2 cm³/mol. The van der Waals surface area contributed by atoms with Crippen molar-refractivity contribution in [3.63, 3.8) is 0 Å². The second-order valence-electron chi connectivity index (χ2n) is 4.49. The Labute approximate surface area is 132 Å². The molecule has 110 valence electrons. The Morgan fingerprint density at radius 2 is 2.15 bits per heavy atom. The Hall–Kier alpha value is -0.852. The van der Waals surface area contributed by atoms with E-state index in [0.29, 0.717) is 6.61 Å². The molecule has 1 N–H and O–H groups in total. The molecule has 3 heterocycles. The van der Waals surface area contributed by atoms with Gasteiger partial charge in [-0.25, -0.2) is 11.1 Å². The maximum Gasteiger partial charge on any atom is 2.00 e. The SMILES string of the molecule is C1[N-]CC2CNCC12.CCOC(=O)Cn1n[c-]nn1.[W+2]. The number of carbonyl (C=O) groups excluding carboxylic acids is 1. The van der Waals surface area contributed by atoms with Gasteiger partial charge in [-0.15, -0.1) is 13.1 Å². The predicted octanol–water partition coefficient (Wildman–Crippen LogP) is -0.757. The first-order valence-electron chi connectivity index (χ1n) is 6.43. The van der Waals surface area contributed by atoms with Crippen LogP contribution in [-0.2, 0) is 37.1 Å². The fourth-order valence-corrected chi connectivity index (χ4v) is 2.17. The summed E-state index contributed by atoms with van der Waals surface area (Å²) < 4.78 is 4.63.